The van der Waals surface area contributed by atoms with E-state index in [1.807, 2.05) is 6.08 Å². The number of carbonyl (C=O) groups is 2. The maximum atomic E-state index is 14.2. The number of fused-ring (bicyclic) bond motifs is 1. The molecule has 1 atom stereocenters. The van der Waals surface area contributed by atoms with Gasteiger partial charge in [0.1, 0.15) is 5.82 Å². The molecule has 11 heteroatoms. The number of allylic oxidation sites excluding steroid dienone is 1. The van der Waals surface area contributed by atoms with Crippen LogP contribution in [0.5, 0.6) is 0 Å². The van der Waals surface area contributed by atoms with Gasteiger partial charge in [0, 0.05) is 22.7 Å². The number of alkyl halides is 2. The SMILES string of the molecule is O=C(O)NC1CC=C(c2cc(F)ccc2N2Cc3ccc(-c4nnc(C(F)F)o4)cc3C2=O)CC1. The van der Waals surface area contributed by atoms with Crippen molar-refractivity contribution in [3.63, 3.8) is 0 Å². The number of amides is 2. The van der Waals surface area contributed by atoms with E-state index in [0.717, 1.165) is 5.57 Å². The number of carbonyl (C=O) groups excluding carboxylic acids is 1. The van der Waals surface area contributed by atoms with Gasteiger partial charge in [0.15, 0.2) is 0 Å². The monoisotopic (exact) mass is 484 g/mol. The number of hydrogen-bond acceptors (Lipinski definition) is 5. The minimum Gasteiger partial charge on any atom is -0.465 e. The van der Waals surface area contributed by atoms with E-state index in [4.69, 9.17) is 9.52 Å². The van der Waals surface area contributed by atoms with E-state index < -0.39 is 24.2 Å². The number of carboxylic acid groups (broad SMARTS) is 1. The number of halogens is 3. The molecule has 2 heterocycles. The Balaban J connectivity index is 1.44. The molecule has 1 aromatic heterocycles. The molecule has 0 radical (unpaired) electrons. The lowest BCUT2D eigenvalue weighted by atomic mass is 9.89. The molecule has 0 spiro atoms. The molecule has 1 aliphatic carbocycles. The quantitative estimate of drug-likeness (QED) is 0.517. The van der Waals surface area contributed by atoms with Crippen LogP contribution in [-0.4, -0.2) is 33.3 Å². The minimum absolute atomic E-state index is 0.117. The first-order valence-corrected chi connectivity index (χ1v) is 10.9. The molecule has 1 aliphatic heterocycles. The lowest BCUT2D eigenvalue weighted by molar-refractivity contribution is 0.0996. The van der Waals surface area contributed by atoms with Crippen LogP contribution in [0.1, 0.15) is 53.1 Å². The van der Waals surface area contributed by atoms with Crippen LogP contribution in [-0.2, 0) is 6.54 Å². The van der Waals surface area contributed by atoms with Crippen LogP contribution < -0.4 is 10.2 Å². The topological polar surface area (TPSA) is 109 Å². The average molecular weight is 484 g/mol. The minimum atomic E-state index is -2.90. The number of nitrogens with one attached hydrogen (secondary N) is 1. The van der Waals surface area contributed by atoms with E-state index >= 15 is 0 Å². The third kappa shape index (κ3) is 4.36. The van der Waals surface area contributed by atoms with Gasteiger partial charge < -0.3 is 19.7 Å². The fourth-order valence-corrected chi connectivity index (χ4v) is 4.45. The molecule has 0 saturated heterocycles. The van der Waals surface area contributed by atoms with Gasteiger partial charge in [-0.15, -0.1) is 10.2 Å². The Hall–Kier alpha value is -4.15. The number of anilines is 1. The van der Waals surface area contributed by atoms with Crippen LogP contribution in [0.4, 0.5) is 23.7 Å². The third-order valence-corrected chi connectivity index (χ3v) is 6.12. The Labute approximate surface area is 197 Å². The summed E-state index contributed by atoms with van der Waals surface area (Å²) in [6, 6.07) is 8.81. The highest BCUT2D eigenvalue weighted by atomic mass is 19.3. The van der Waals surface area contributed by atoms with Crippen molar-refractivity contribution in [1.29, 1.82) is 0 Å². The van der Waals surface area contributed by atoms with E-state index in [9.17, 15) is 22.8 Å². The van der Waals surface area contributed by atoms with Crippen LogP contribution >= 0.6 is 0 Å². The van der Waals surface area contributed by atoms with Crippen molar-refractivity contribution in [2.75, 3.05) is 4.90 Å². The number of nitrogens with zero attached hydrogens (tertiary/aromatic N) is 3. The summed E-state index contributed by atoms with van der Waals surface area (Å²) in [5.41, 5.74) is 3.34. The van der Waals surface area contributed by atoms with Gasteiger partial charge in [-0.1, -0.05) is 12.1 Å². The van der Waals surface area contributed by atoms with Crippen LogP contribution in [0.25, 0.3) is 17.0 Å². The number of aromatic nitrogens is 2. The summed E-state index contributed by atoms with van der Waals surface area (Å²) in [4.78, 5) is 25.8. The first kappa shape index (κ1) is 22.6. The molecule has 0 saturated carbocycles. The molecule has 35 heavy (non-hydrogen) atoms. The van der Waals surface area contributed by atoms with Crippen molar-refractivity contribution in [3.05, 3.63) is 70.9 Å². The fraction of sp³-hybridized carbons (Fsp3) is 0.250. The molecule has 8 nitrogen and oxygen atoms in total. The molecule has 180 valence electrons. The van der Waals surface area contributed by atoms with Crippen LogP contribution in [0.15, 0.2) is 46.9 Å². The molecule has 2 aliphatic rings. The normalized spacial score (nSPS) is 17.5. The Morgan fingerprint density at radius 2 is 2.00 bits per heavy atom. The smallest absolute Gasteiger partial charge is 0.404 e. The van der Waals surface area contributed by atoms with Crippen molar-refractivity contribution >= 4 is 23.3 Å². The lowest BCUT2D eigenvalue weighted by Gasteiger charge is -2.26. The second-order valence-corrected chi connectivity index (χ2v) is 8.32. The van der Waals surface area contributed by atoms with Crippen LogP contribution in [0.3, 0.4) is 0 Å². The third-order valence-electron chi connectivity index (χ3n) is 6.12. The molecule has 5 rings (SSSR count). The highest BCUT2D eigenvalue weighted by molar-refractivity contribution is 6.11. The van der Waals surface area contributed by atoms with Gasteiger partial charge in [0.25, 0.3) is 11.8 Å². The molecule has 0 bridgehead atoms. The van der Waals surface area contributed by atoms with E-state index in [1.54, 1.807) is 18.2 Å². The van der Waals surface area contributed by atoms with E-state index in [0.29, 0.717) is 47.2 Å². The van der Waals surface area contributed by atoms with Crippen molar-refractivity contribution in [1.82, 2.24) is 15.5 Å². The summed E-state index contributed by atoms with van der Waals surface area (Å²) in [5, 5.41) is 18.3. The zero-order valence-corrected chi connectivity index (χ0v) is 18.2. The van der Waals surface area contributed by atoms with E-state index in [2.05, 4.69) is 15.5 Å². The molecule has 2 aromatic carbocycles. The first-order valence-electron chi connectivity index (χ1n) is 10.9. The van der Waals surface area contributed by atoms with Crippen molar-refractivity contribution in [2.24, 2.45) is 0 Å². The molecule has 0 fully saturated rings. The maximum absolute atomic E-state index is 14.2. The molecule has 2 N–H and O–H groups in total. The van der Waals surface area contributed by atoms with Gasteiger partial charge in [0.05, 0.1) is 12.2 Å². The van der Waals surface area contributed by atoms with Crippen LogP contribution in [0.2, 0.25) is 0 Å². The van der Waals surface area contributed by atoms with Crippen molar-refractivity contribution in [3.8, 4) is 11.5 Å². The van der Waals surface area contributed by atoms with E-state index in [1.165, 1.54) is 23.1 Å². The Morgan fingerprint density at radius 3 is 2.69 bits per heavy atom. The predicted octanol–water partition coefficient (Wildman–Crippen LogP) is 5.18. The summed E-state index contributed by atoms with van der Waals surface area (Å²) < 4.78 is 44.8. The average Bonchev–Trinajstić information content (AvgIpc) is 3.45. The summed E-state index contributed by atoms with van der Waals surface area (Å²) in [5.74, 6) is -1.70. The summed E-state index contributed by atoms with van der Waals surface area (Å²) >= 11 is 0. The first-order chi connectivity index (χ1) is 16.8. The molecular weight excluding hydrogens is 465 g/mol. The highest BCUT2D eigenvalue weighted by Gasteiger charge is 2.32. The number of hydrogen-bond donors (Lipinski definition) is 2. The van der Waals surface area contributed by atoms with Crippen molar-refractivity contribution < 1.29 is 32.3 Å². The molecule has 1 unspecified atom stereocenters. The number of rotatable bonds is 5. The predicted molar refractivity (Wildman–Crippen MR) is 118 cm³/mol. The van der Waals surface area contributed by atoms with Gasteiger partial charge in [-0.3, -0.25) is 4.79 Å². The Morgan fingerprint density at radius 1 is 1.17 bits per heavy atom. The summed E-state index contributed by atoms with van der Waals surface area (Å²) in [6.45, 7) is 0.246. The van der Waals surface area contributed by atoms with Gasteiger partial charge >= 0.3 is 12.5 Å². The maximum Gasteiger partial charge on any atom is 0.404 e. The summed E-state index contributed by atoms with van der Waals surface area (Å²) in [6.07, 6.45) is -0.599. The van der Waals surface area contributed by atoms with Gasteiger partial charge in [0.2, 0.25) is 5.89 Å². The fourth-order valence-electron chi connectivity index (χ4n) is 4.45. The Kier molecular flexibility index (Phi) is 5.75. The highest BCUT2D eigenvalue weighted by Crippen LogP contribution is 2.38. The lowest BCUT2D eigenvalue weighted by Crippen LogP contribution is -2.34. The van der Waals surface area contributed by atoms with Gasteiger partial charge in [-0.25, -0.2) is 9.18 Å². The molecule has 2 amide bonds. The van der Waals surface area contributed by atoms with Crippen molar-refractivity contribution in [2.45, 2.75) is 38.3 Å². The van der Waals surface area contributed by atoms with Crippen LogP contribution in [0, 0.1) is 5.82 Å². The van der Waals surface area contributed by atoms with Gasteiger partial charge in [-0.2, -0.15) is 8.78 Å². The Bertz CT molecular complexity index is 1350. The second-order valence-electron chi connectivity index (χ2n) is 8.32. The molecule has 3 aromatic rings. The van der Waals surface area contributed by atoms with E-state index in [-0.39, 0.29) is 24.4 Å². The zero-order valence-electron chi connectivity index (χ0n) is 18.2. The second kappa shape index (κ2) is 8.90. The molecular formula is C24H19F3N4O4. The summed E-state index contributed by atoms with van der Waals surface area (Å²) in [7, 11) is 0. The largest absolute Gasteiger partial charge is 0.465 e. The zero-order chi connectivity index (χ0) is 24.7. The van der Waals surface area contributed by atoms with Gasteiger partial charge in [-0.05, 0) is 60.7 Å². The standard InChI is InChI=1S/C24H19F3N4O4/c25-15-5-8-19(17(10-15)12-3-6-16(7-4-12)28-24(33)34)31-11-14-2-1-13(9-18(14)23(31)32)21-29-30-22(35-21)20(26)27/h1-3,5,8-10,16,20,28H,4,6-7,11H2,(H,33,34). The number of benzene rings is 2.